The lowest BCUT2D eigenvalue weighted by Gasteiger charge is -2.23. The maximum atomic E-state index is 12.7. The molecule has 122 valence electrons. The van der Waals surface area contributed by atoms with Crippen molar-refractivity contribution >= 4 is 5.91 Å². The topological polar surface area (TPSA) is 75.4 Å². The van der Waals surface area contributed by atoms with Crippen molar-refractivity contribution in [2.75, 3.05) is 20.1 Å². The van der Waals surface area contributed by atoms with E-state index in [0.29, 0.717) is 36.1 Å². The van der Waals surface area contributed by atoms with Crippen LogP contribution in [-0.4, -0.2) is 57.0 Å². The Morgan fingerprint density at radius 1 is 1.39 bits per heavy atom. The number of likely N-dealkylation sites (N-methyl/N-ethyl adjacent to an activating group) is 1. The molecule has 7 heteroatoms. The quantitative estimate of drug-likeness (QED) is 0.849. The Morgan fingerprint density at radius 3 is 2.78 bits per heavy atom. The van der Waals surface area contributed by atoms with Gasteiger partial charge in [0.25, 0.3) is 5.91 Å². The summed E-state index contributed by atoms with van der Waals surface area (Å²) < 4.78 is 5.10. The van der Waals surface area contributed by atoms with E-state index < -0.39 is 0 Å². The summed E-state index contributed by atoms with van der Waals surface area (Å²) in [4.78, 5) is 25.2. The van der Waals surface area contributed by atoms with E-state index >= 15 is 0 Å². The van der Waals surface area contributed by atoms with Gasteiger partial charge in [-0.05, 0) is 33.4 Å². The molecule has 2 aromatic rings. The van der Waals surface area contributed by atoms with Gasteiger partial charge in [-0.25, -0.2) is 9.97 Å². The Balaban J connectivity index is 1.63. The summed E-state index contributed by atoms with van der Waals surface area (Å²) in [5, 5.41) is 3.87. The van der Waals surface area contributed by atoms with Gasteiger partial charge >= 0.3 is 0 Å². The van der Waals surface area contributed by atoms with Crippen LogP contribution in [0.15, 0.2) is 23.0 Å². The number of hydrogen-bond donors (Lipinski definition) is 0. The maximum absolute atomic E-state index is 12.7. The number of likely N-dealkylation sites (tertiary alicyclic amines) is 1. The first kappa shape index (κ1) is 15.6. The lowest BCUT2D eigenvalue weighted by atomic mass is 10.2. The van der Waals surface area contributed by atoms with Crippen molar-refractivity contribution in [1.29, 1.82) is 0 Å². The summed E-state index contributed by atoms with van der Waals surface area (Å²) >= 11 is 0. The lowest BCUT2D eigenvalue weighted by Crippen LogP contribution is -2.36. The molecule has 1 aliphatic heterocycles. The summed E-state index contributed by atoms with van der Waals surface area (Å²) in [5.74, 6) is 1.39. The molecule has 1 unspecified atom stereocenters. The third-order valence-corrected chi connectivity index (χ3v) is 4.33. The molecular weight excluding hydrogens is 294 g/mol. The van der Waals surface area contributed by atoms with Gasteiger partial charge in [0.05, 0.1) is 12.2 Å². The first-order chi connectivity index (χ1) is 11.1. The maximum Gasteiger partial charge on any atom is 0.259 e. The number of rotatable bonds is 4. The normalized spacial score (nSPS) is 17.9. The molecule has 23 heavy (non-hydrogen) atoms. The van der Waals surface area contributed by atoms with Gasteiger partial charge in [-0.1, -0.05) is 5.16 Å². The van der Waals surface area contributed by atoms with E-state index in [0.717, 1.165) is 18.8 Å². The SMILES string of the molecule is Cc1noc(C)c1C(=O)N1CCC(N(C)Cc2ncccn2)C1. The number of carbonyl (C=O) groups excluding carboxylic acids is 1. The molecule has 0 saturated carbocycles. The molecule has 0 bridgehead atoms. The molecular formula is C16H21N5O2. The molecule has 3 heterocycles. The molecule has 0 radical (unpaired) electrons. The minimum absolute atomic E-state index is 0.00751. The van der Waals surface area contributed by atoms with Gasteiger partial charge in [-0.2, -0.15) is 0 Å². The van der Waals surface area contributed by atoms with Crippen molar-refractivity contribution in [1.82, 2.24) is 24.9 Å². The van der Waals surface area contributed by atoms with Crippen LogP contribution in [0.5, 0.6) is 0 Å². The number of carbonyl (C=O) groups is 1. The summed E-state index contributed by atoms with van der Waals surface area (Å²) in [6, 6.07) is 2.12. The molecule has 0 aromatic carbocycles. The summed E-state index contributed by atoms with van der Waals surface area (Å²) in [6.07, 6.45) is 4.44. The predicted octanol–water partition coefficient (Wildman–Crippen LogP) is 1.43. The lowest BCUT2D eigenvalue weighted by molar-refractivity contribution is 0.0777. The van der Waals surface area contributed by atoms with E-state index in [2.05, 4.69) is 20.0 Å². The molecule has 0 aliphatic carbocycles. The number of aromatic nitrogens is 3. The molecule has 3 rings (SSSR count). The zero-order chi connectivity index (χ0) is 16.4. The fourth-order valence-electron chi connectivity index (χ4n) is 3.00. The Labute approximate surface area is 135 Å². The van der Waals surface area contributed by atoms with Crippen molar-refractivity contribution in [2.45, 2.75) is 32.9 Å². The van der Waals surface area contributed by atoms with E-state index in [1.807, 2.05) is 18.0 Å². The molecule has 0 spiro atoms. The number of nitrogens with zero attached hydrogens (tertiary/aromatic N) is 5. The van der Waals surface area contributed by atoms with Crippen LogP contribution < -0.4 is 0 Å². The second kappa shape index (κ2) is 6.45. The largest absolute Gasteiger partial charge is 0.361 e. The molecule has 0 N–H and O–H groups in total. The Hall–Kier alpha value is -2.28. The highest BCUT2D eigenvalue weighted by Crippen LogP contribution is 2.21. The van der Waals surface area contributed by atoms with E-state index in [1.165, 1.54) is 0 Å². The van der Waals surface area contributed by atoms with Gasteiger partial charge < -0.3 is 9.42 Å². The Morgan fingerprint density at radius 2 is 2.13 bits per heavy atom. The minimum atomic E-state index is 0.00751. The van der Waals surface area contributed by atoms with E-state index in [9.17, 15) is 4.79 Å². The minimum Gasteiger partial charge on any atom is -0.361 e. The molecule has 1 fully saturated rings. The van der Waals surface area contributed by atoms with Crippen molar-refractivity contribution in [3.05, 3.63) is 41.3 Å². The zero-order valence-electron chi connectivity index (χ0n) is 13.7. The summed E-state index contributed by atoms with van der Waals surface area (Å²) in [5.41, 5.74) is 1.25. The fraction of sp³-hybridized carbons (Fsp3) is 0.500. The van der Waals surface area contributed by atoms with Gasteiger partial charge in [0.15, 0.2) is 0 Å². The van der Waals surface area contributed by atoms with Gasteiger partial charge in [0, 0.05) is 31.5 Å². The van der Waals surface area contributed by atoms with Crippen LogP contribution in [0.4, 0.5) is 0 Å². The standard InChI is InChI=1S/C16H21N5O2/c1-11-15(12(2)23-19-11)16(22)21-8-5-13(9-21)20(3)10-14-17-6-4-7-18-14/h4,6-7,13H,5,8-10H2,1-3H3. The molecule has 7 nitrogen and oxygen atoms in total. The molecule has 2 aromatic heterocycles. The van der Waals surface area contributed by atoms with Crippen molar-refractivity contribution < 1.29 is 9.32 Å². The van der Waals surface area contributed by atoms with Gasteiger partial charge in [-0.15, -0.1) is 0 Å². The highest BCUT2D eigenvalue weighted by Gasteiger charge is 2.32. The zero-order valence-corrected chi connectivity index (χ0v) is 13.7. The fourth-order valence-corrected chi connectivity index (χ4v) is 3.00. The number of amides is 1. The average Bonchev–Trinajstić information content (AvgIpc) is 3.15. The Bertz CT molecular complexity index is 666. The van der Waals surface area contributed by atoms with E-state index in [1.54, 1.807) is 26.2 Å². The van der Waals surface area contributed by atoms with Crippen molar-refractivity contribution in [2.24, 2.45) is 0 Å². The molecule has 1 saturated heterocycles. The second-order valence-electron chi connectivity index (χ2n) is 5.97. The highest BCUT2D eigenvalue weighted by molar-refractivity contribution is 5.96. The molecule has 1 amide bonds. The third kappa shape index (κ3) is 3.24. The van der Waals surface area contributed by atoms with Crippen LogP contribution in [0, 0.1) is 13.8 Å². The smallest absolute Gasteiger partial charge is 0.259 e. The first-order valence-corrected chi connectivity index (χ1v) is 7.74. The van der Waals surface area contributed by atoms with Crippen LogP contribution >= 0.6 is 0 Å². The molecule has 1 aliphatic rings. The average molecular weight is 315 g/mol. The predicted molar refractivity (Wildman–Crippen MR) is 83.8 cm³/mol. The van der Waals surface area contributed by atoms with Crippen molar-refractivity contribution in [3.8, 4) is 0 Å². The highest BCUT2D eigenvalue weighted by atomic mass is 16.5. The van der Waals surface area contributed by atoms with E-state index in [-0.39, 0.29) is 5.91 Å². The van der Waals surface area contributed by atoms with Gasteiger partial charge in [0.2, 0.25) is 0 Å². The number of hydrogen-bond acceptors (Lipinski definition) is 6. The third-order valence-electron chi connectivity index (χ3n) is 4.33. The van der Waals surface area contributed by atoms with Crippen molar-refractivity contribution in [3.63, 3.8) is 0 Å². The van der Waals surface area contributed by atoms with Crippen LogP contribution in [0.1, 0.15) is 34.1 Å². The van der Waals surface area contributed by atoms with E-state index in [4.69, 9.17) is 4.52 Å². The first-order valence-electron chi connectivity index (χ1n) is 7.74. The van der Waals surface area contributed by atoms with Crippen LogP contribution in [0.3, 0.4) is 0 Å². The molecule has 1 atom stereocenters. The van der Waals surface area contributed by atoms with Crippen LogP contribution in [0.25, 0.3) is 0 Å². The summed E-state index contributed by atoms with van der Waals surface area (Å²) in [6.45, 7) is 5.70. The van der Waals surface area contributed by atoms with Gasteiger partial charge in [-0.3, -0.25) is 9.69 Å². The van der Waals surface area contributed by atoms with Crippen LogP contribution in [-0.2, 0) is 6.54 Å². The Kier molecular flexibility index (Phi) is 4.38. The van der Waals surface area contributed by atoms with Crippen LogP contribution in [0.2, 0.25) is 0 Å². The second-order valence-corrected chi connectivity index (χ2v) is 5.97. The summed E-state index contributed by atoms with van der Waals surface area (Å²) in [7, 11) is 2.05. The number of aryl methyl sites for hydroxylation is 2. The monoisotopic (exact) mass is 315 g/mol. The van der Waals surface area contributed by atoms with Gasteiger partial charge in [0.1, 0.15) is 17.1 Å².